The topological polar surface area (TPSA) is 15.6 Å². The summed E-state index contributed by atoms with van der Waals surface area (Å²) in [7, 11) is 2.12. The van der Waals surface area contributed by atoms with Crippen molar-refractivity contribution in [3.8, 4) is 0 Å². The monoisotopic (exact) mass is 250 g/mol. The molecule has 2 nitrogen and oxygen atoms in total. The number of nitrogens with zero attached hydrogens (tertiary/aromatic N) is 2. The first-order valence-corrected chi connectivity index (χ1v) is 6.26. The number of thioether (sulfide) groups is 1. The Morgan fingerprint density at radius 2 is 2.50 bits per heavy atom. The first kappa shape index (κ1) is 10.4. The Kier molecular flexibility index (Phi) is 4.43. The normalized spacial score (nSPS) is 22.6. The van der Waals surface area contributed by atoms with Gasteiger partial charge in [0.05, 0.1) is 6.54 Å². The van der Waals surface area contributed by atoms with E-state index in [0.29, 0.717) is 5.25 Å². The van der Waals surface area contributed by atoms with E-state index in [1.54, 1.807) is 0 Å². The molecule has 1 atom stereocenters. The van der Waals surface area contributed by atoms with Gasteiger partial charge in [0.2, 0.25) is 0 Å². The van der Waals surface area contributed by atoms with Crippen LogP contribution in [0.15, 0.2) is 4.99 Å². The van der Waals surface area contributed by atoms with Gasteiger partial charge < -0.3 is 4.90 Å². The zero-order chi connectivity index (χ0) is 8.97. The van der Waals surface area contributed by atoms with E-state index in [-0.39, 0.29) is 0 Å². The van der Waals surface area contributed by atoms with Gasteiger partial charge in [0.15, 0.2) is 5.17 Å². The number of rotatable bonds is 3. The lowest BCUT2D eigenvalue weighted by Crippen LogP contribution is -2.24. The van der Waals surface area contributed by atoms with Crippen molar-refractivity contribution in [1.29, 1.82) is 0 Å². The third kappa shape index (κ3) is 2.66. The summed E-state index contributed by atoms with van der Waals surface area (Å²) in [5.41, 5.74) is 0. The first-order chi connectivity index (χ1) is 5.77. The fraction of sp³-hybridized carbons (Fsp3) is 0.875. The molecule has 0 radical (unpaired) electrons. The van der Waals surface area contributed by atoms with Gasteiger partial charge in [0.25, 0.3) is 0 Å². The summed E-state index contributed by atoms with van der Waals surface area (Å²) >= 11 is 5.37. The van der Waals surface area contributed by atoms with Gasteiger partial charge in [-0.3, -0.25) is 4.99 Å². The first-order valence-electron chi connectivity index (χ1n) is 4.26. The van der Waals surface area contributed by atoms with Crippen LogP contribution in [0, 0.1) is 0 Å². The maximum absolute atomic E-state index is 4.48. The number of hydrogen-bond donors (Lipinski definition) is 0. The molecule has 0 amide bonds. The highest BCUT2D eigenvalue weighted by Gasteiger charge is 2.20. The fourth-order valence-corrected chi connectivity index (χ4v) is 2.66. The van der Waals surface area contributed by atoms with Crippen LogP contribution >= 0.6 is 27.7 Å². The van der Waals surface area contributed by atoms with E-state index >= 15 is 0 Å². The van der Waals surface area contributed by atoms with Crippen molar-refractivity contribution in [2.45, 2.75) is 18.6 Å². The molecule has 1 rings (SSSR count). The van der Waals surface area contributed by atoms with E-state index in [9.17, 15) is 0 Å². The van der Waals surface area contributed by atoms with Crippen LogP contribution < -0.4 is 0 Å². The zero-order valence-electron chi connectivity index (χ0n) is 7.59. The van der Waals surface area contributed by atoms with Gasteiger partial charge in [-0.1, -0.05) is 34.6 Å². The lowest BCUT2D eigenvalue weighted by molar-refractivity contribution is 0.510. The van der Waals surface area contributed by atoms with Crippen LogP contribution in [-0.4, -0.2) is 40.8 Å². The Morgan fingerprint density at radius 1 is 1.75 bits per heavy atom. The van der Waals surface area contributed by atoms with E-state index in [2.05, 4.69) is 39.8 Å². The minimum atomic E-state index is 0.652. The van der Waals surface area contributed by atoms with Gasteiger partial charge in [-0.05, 0) is 6.42 Å². The maximum atomic E-state index is 4.48. The van der Waals surface area contributed by atoms with E-state index in [1.807, 2.05) is 11.8 Å². The molecule has 4 heteroatoms. The molecule has 0 aliphatic carbocycles. The van der Waals surface area contributed by atoms with Crippen molar-refractivity contribution in [1.82, 2.24) is 4.90 Å². The van der Waals surface area contributed by atoms with Crippen LogP contribution in [0.25, 0.3) is 0 Å². The standard InChI is InChI=1S/C8H15BrN2S/c1-3-4-11(2)8-10-6-7(5-9)12-8/h7H,3-6H2,1-2H3. The van der Waals surface area contributed by atoms with Crippen LogP contribution in [0.2, 0.25) is 0 Å². The minimum Gasteiger partial charge on any atom is -0.355 e. The Bertz CT molecular complexity index is 172. The molecule has 0 saturated carbocycles. The summed E-state index contributed by atoms with van der Waals surface area (Å²) in [5, 5.41) is 2.91. The molecule has 1 aliphatic rings. The van der Waals surface area contributed by atoms with E-state index in [1.165, 1.54) is 11.6 Å². The number of amidine groups is 1. The van der Waals surface area contributed by atoms with Crippen molar-refractivity contribution < 1.29 is 0 Å². The van der Waals surface area contributed by atoms with E-state index in [0.717, 1.165) is 18.4 Å². The summed E-state index contributed by atoms with van der Waals surface area (Å²) in [6.07, 6.45) is 1.19. The predicted molar refractivity (Wildman–Crippen MR) is 60.4 cm³/mol. The van der Waals surface area contributed by atoms with Gasteiger partial charge in [-0.15, -0.1) is 0 Å². The molecule has 0 aromatic carbocycles. The molecule has 0 aromatic heterocycles. The number of alkyl halides is 1. The molecule has 1 aliphatic heterocycles. The SMILES string of the molecule is CCCN(C)C1=NCC(CBr)S1. The van der Waals surface area contributed by atoms with Gasteiger partial charge >= 0.3 is 0 Å². The highest BCUT2D eigenvalue weighted by Crippen LogP contribution is 2.23. The molecular formula is C8H15BrN2S. The Hall–Kier alpha value is 0.300. The number of aliphatic imine (C=N–C) groups is 1. The molecule has 0 N–H and O–H groups in total. The summed E-state index contributed by atoms with van der Waals surface area (Å²) < 4.78 is 0. The lowest BCUT2D eigenvalue weighted by atomic mass is 10.4. The van der Waals surface area contributed by atoms with Gasteiger partial charge in [-0.25, -0.2) is 0 Å². The van der Waals surface area contributed by atoms with Crippen LogP contribution in [0.3, 0.4) is 0 Å². The van der Waals surface area contributed by atoms with Crippen LogP contribution in [-0.2, 0) is 0 Å². The van der Waals surface area contributed by atoms with Crippen molar-refractivity contribution in [3.05, 3.63) is 0 Å². The summed E-state index contributed by atoms with van der Waals surface area (Å²) in [6, 6.07) is 0. The molecule has 1 heterocycles. The largest absolute Gasteiger partial charge is 0.355 e. The van der Waals surface area contributed by atoms with Gasteiger partial charge in [-0.2, -0.15) is 0 Å². The van der Waals surface area contributed by atoms with Crippen molar-refractivity contribution >= 4 is 32.9 Å². The molecule has 0 saturated heterocycles. The third-order valence-corrected chi connectivity index (χ3v) is 4.27. The molecule has 0 bridgehead atoms. The molecule has 1 unspecified atom stereocenters. The molecule has 0 fully saturated rings. The quantitative estimate of drug-likeness (QED) is 0.714. The fourth-order valence-electron chi connectivity index (χ4n) is 1.13. The second kappa shape index (κ2) is 5.12. The van der Waals surface area contributed by atoms with Gasteiger partial charge in [0, 0.05) is 24.2 Å². The van der Waals surface area contributed by atoms with Crippen molar-refractivity contribution in [3.63, 3.8) is 0 Å². The summed E-state index contributed by atoms with van der Waals surface area (Å²) in [5.74, 6) is 0. The molecule has 12 heavy (non-hydrogen) atoms. The number of hydrogen-bond acceptors (Lipinski definition) is 3. The second-order valence-corrected chi connectivity index (χ2v) is 4.85. The molecule has 70 valence electrons. The highest BCUT2D eigenvalue weighted by atomic mass is 79.9. The lowest BCUT2D eigenvalue weighted by Gasteiger charge is -2.17. The Morgan fingerprint density at radius 3 is 3.00 bits per heavy atom. The predicted octanol–water partition coefficient (Wildman–Crippen LogP) is 2.19. The average Bonchev–Trinajstić information content (AvgIpc) is 2.52. The van der Waals surface area contributed by atoms with E-state index in [4.69, 9.17) is 0 Å². The number of halogens is 1. The minimum absolute atomic E-state index is 0.652. The summed E-state index contributed by atoms with van der Waals surface area (Å²) in [6.45, 7) is 4.28. The molecule has 0 spiro atoms. The smallest absolute Gasteiger partial charge is 0.159 e. The van der Waals surface area contributed by atoms with Crippen molar-refractivity contribution in [2.75, 3.05) is 25.5 Å². The molecular weight excluding hydrogens is 236 g/mol. The Balaban J connectivity index is 2.34. The maximum Gasteiger partial charge on any atom is 0.159 e. The highest BCUT2D eigenvalue weighted by molar-refractivity contribution is 9.09. The molecule has 0 aromatic rings. The van der Waals surface area contributed by atoms with Gasteiger partial charge in [0.1, 0.15) is 0 Å². The van der Waals surface area contributed by atoms with Crippen molar-refractivity contribution in [2.24, 2.45) is 4.99 Å². The van der Waals surface area contributed by atoms with Crippen LogP contribution in [0.5, 0.6) is 0 Å². The Labute approximate surface area is 86.9 Å². The summed E-state index contributed by atoms with van der Waals surface area (Å²) in [4.78, 5) is 6.73. The second-order valence-electron chi connectivity index (χ2n) is 2.94. The third-order valence-electron chi connectivity index (χ3n) is 1.76. The average molecular weight is 251 g/mol. The van der Waals surface area contributed by atoms with Crippen LogP contribution in [0.1, 0.15) is 13.3 Å². The zero-order valence-corrected chi connectivity index (χ0v) is 9.99. The van der Waals surface area contributed by atoms with E-state index < -0.39 is 0 Å². The van der Waals surface area contributed by atoms with Crippen LogP contribution in [0.4, 0.5) is 0 Å².